The van der Waals surface area contributed by atoms with Crippen molar-refractivity contribution in [3.63, 3.8) is 0 Å². The summed E-state index contributed by atoms with van der Waals surface area (Å²) in [4.78, 5) is 4.05. The summed E-state index contributed by atoms with van der Waals surface area (Å²) in [5, 5.41) is 0. The summed E-state index contributed by atoms with van der Waals surface area (Å²) in [6.07, 6.45) is 3.54. The highest BCUT2D eigenvalue weighted by molar-refractivity contribution is 9.11. The van der Waals surface area contributed by atoms with E-state index in [1.807, 2.05) is 12.1 Å². The lowest BCUT2D eigenvalue weighted by molar-refractivity contribution is 0.622. The largest absolute Gasteiger partial charge is 0.265 e. The van der Waals surface area contributed by atoms with E-state index in [1.165, 1.54) is 11.6 Å². The van der Waals surface area contributed by atoms with Crippen molar-refractivity contribution in [3.8, 4) is 0 Å². The summed E-state index contributed by atoms with van der Waals surface area (Å²) < 4.78 is 14.2. The van der Waals surface area contributed by atoms with E-state index in [0.717, 1.165) is 10.0 Å². The fourth-order valence-corrected chi connectivity index (χ4v) is 3.32. The van der Waals surface area contributed by atoms with Gasteiger partial charge in [0, 0.05) is 21.7 Å². The summed E-state index contributed by atoms with van der Waals surface area (Å²) >= 11 is 7.12. The van der Waals surface area contributed by atoms with Gasteiger partial charge in [-0.05, 0) is 47.4 Å². The van der Waals surface area contributed by atoms with Crippen LogP contribution >= 0.6 is 31.9 Å². The van der Waals surface area contributed by atoms with Gasteiger partial charge in [-0.25, -0.2) is 4.39 Å². The molecule has 0 amide bonds. The van der Waals surface area contributed by atoms with E-state index in [-0.39, 0.29) is 16.6 Å². The Morgan fingerprint density at radius 1 is 1.17 bits per heavy atom. The van der Waals surface area contributed by atoms with Crippen LogP contribution in [0.1, 0.15) is 28.8 Å². The summed E-state index contributed by atoms with van der Waals surface area (Å²) in [7, 11) is 0. The Balaban J connectivity index is 2.31. The maximum atomic E-state index is 13.3. The molecule has 0 spiro atoms. The highest BCUT2D eigenvalue weighted by Crippen LogP contribution is 2.40. The van der Waals surface area contributed by atoms with Gasteiger partial charge in [0.2, 0.25) is 0 Å². The van der Waals surface area contributed by atoms with Crippen LogP contribution in [0.3, 0.4) is 0 Å². The van der Waals surface area contributed by atoms with Crippen molar-refractivity contribution >= 4 is 31.9 Å². The number of alkyl halides is 1. The lowest BCUT2D eigenvalue weighted by Gasteiger charge is -2.20. The first kappa shape index (κ1) is 13.7. The van der Waals surface area contributed by atoms with E-state index in [2.05, 4.69) is 43.8 Å². The van der Waals surface area contributed by atoms with Crippen LogP contribution in [0.15, 0.2) is 47.2 Å². The molecule has 1 aromatic heterocycles. The van der Waals surface area contributed by atoms with Gasteiger partial charge in [0.05, 0.1) is 0 Å². The second-order valence-corrected chi connectivity index (χ2v) is 5.98. The van der Waals surface area contributed by atoms with Crippen molar-refractivity contribution in [1.82, 2.24) is 4.98 Å². The third kappa shape index (κ3) is 2.98. The van der Waals surface area contributed by atoms with Crippen molar-refractivity contribution in [2.24, 2.45) is 0 Å². The van der Waals surface area contributed by atoms with E-state index in [9.17, 15) is 4.39 Å². The normalized spacial score (nSPS) is 14.2. The molecule has 2 unspecified atom stereocenters. The molecule has 0 saturated carbocycles. The molecular weight excluding hydrogens is 361 g/mol. The SMILES string of the molecule is CC(c1ccncc1)C(Br)c1cc(F)ccc1Br. The van der Waals surface area contributed by atoms with Crippen molar-refractivity contribution in [2.75, 3.05) is 0 Å². The molecule has 18 heavy (non-hydrogen) atoms. The Labute approximate surface area is 123 Å². The molecule has 0 aliphatic heterocycles. The second kappa shape index (κ2) is 5.93. The van der Waals surface area contributed by atoms with Gasteiger partial charge in [-0.3, -0.25) is 4.98 Å². The number of pyridine rings is 1. The molecular formula is C14H12Br2FN. The predicted molar refractivity (Wildman–Crippen MR) is 78.4 cm³/mol. The Kier molecular flexibility index (Phi) is 4.51. The average Bonchev–Trinajstić information content (AvgIpc) is 2.41. The van der Waals surface area contributed by atoms with E-state index >= 15 is 0 Å². The van der Waals surface area contributed by atoms with Crippen LogP contribution in [0.2, 0.25) is 0 Å². The van der Waals surface area contributed by atoms with Gasteiger partial charge >= 0.3 is 0 Å². The molecule has 0 saturated heterocycles. The molecule has 4 heteroatoms. The molecule has 0 aliphatic carbocycles. The van der Waals surface area contributed by atoms with Crippen LogP contribution < -0.4 is 0 Å². The predicted octanol–water partition coefficient (Wildman–Crippen LogP) is 5.22. The van der Waals surface area contributed by atoms with E-state index < -0.39 is 0 Å². The van der Waals surface area contributed by atoms with E-state index in [1.54, 1.807) is 24.5 Å². The molecule has 0 bridgehead atoms. The zero-order chi connectivity index (χ0) is 13.1. The molecule has 1 nitrogen and oxygen atoms in total. The molecule has 1 heterocycles. The van der Waals surface area contributed by atoms with Crippen LogP contribution in [0.25, 0.3) is 0 Å². The molecule has 0 N–H and O–H groups in total. The quantitative estimate of drug-likeness (QED) is 0.673. The molecule has 0 radical (unpaired) electrons. The number of hydrogen-bond acceptors (Lipinski definition) is 1. The summed E-state index contributed by atoms with van der Waals surface area (Å²) in [6, 6.07) is 8.70. The maximum Gasteiger partial charge on any atom is 0.123 e. The van der Waals surface area contributed by atoms with Crippen LogP contribution in [-0.4, -0.2) is 4.98 Å². The Morgan fingerprint density at radius 3 is 2.50 bits per heavy atom. The highest BCUT2D eigenvalue weighted by Gasteiger charge is 2.20. The number of hydrogen-bond donors (Lipinski definition) is 0. The van der Waals surface area contributed by atoms with Gasteiger partial charge < -0.3 is 0 Å². The minimum Gasteiger partial charge on any atom is -0.265 e. The number of benzene rings is 1. The van der Waals surface area contributed by atoms with Crippen molar-refractivity contribution in [1.29, 1.82) is 0 Å². The number of aromatic nitrogens is 1. The molecule has 94 valence electrons. The zero-order valence-electron chi connectivity index (χ0n) is 9.78. The standard InChI is InChI=1S/C14H12Br2FN/c1-9(10-4-6-18-7-5-10)14(16)12-8-11(17)2-3-13(12)15/h2-9,14H,1H3. The van der Waals surface area contributed by atoms with Gasteiger partial charge in [-0.1, -0.05) is 38.8 Å². The van der Waals surface area contributed by atoms with Crippen molar-refractivity contribution < 1.29 is 4.39 Å². The lowest BCUT2D eigenvalue weighted by atomic mass is 9.94. The molecule has 0 aliphatic rings. The number of nitrogens with zero attached hydrogens (tertiary/aromatic N) is 1. The van der Waals surface area contributed by atoms with Gasteiger partial charge in [0.15, 0.2) is 0 Å². The van der Waals surface area contributed by atoms with Crippen LogP contribution in [0.5, 0.6) is 0 Å². The smallest absolute Gasteiger partial charge is 0.123 e. The monoisotopic (exact) mass is 371 g/mol. The topological polar surface area (TPSA) is 12.9 Å². The zero-order valence-corrected chi connectivity index (χ0v) is 12.9. The van der Waals surface area contributed by atoms with E-state index in [4.69, 9.17) is 0 Å². The fourth-order valence-electron chi connectivity index (χ4n) is 1.83. The number of halogens is 3. The second-order valence-electron chi connectivity index (χ2n) is 4.14. The molecule has 2 atom stereocenters. The van der Waals surface area contributed by atoms with Crippen LogP contribution in [-0.2, 0) is 0 Å². The van der Waals surface area contributed by atoms with Gasteiger partial charge in [0.25, 0.3) is 0 Å². The maximum absolute atomic E-state index is 13.3. The molecule has 2 aromatic rings. The third-order valence-electron chi connectivity index (χ3n) is 2.93. The first-order valence-electron chi connectivity index (χ1n) is 5.58. The third-order valence-corrected chi connectivity index (χ3v) is 4.93. The van der Waals surface area contributed by atoms with Gasteiger partial charge in [0.1, 0.15) is 5.82 Å². The van der Waals surface area contributed by atoms with Gasteiger partial charge in [-0.15, -0.1) is 0 Å². The fraction of sp³-hybridized carbons (Fsp3) is 0.214. The van der Waals surface area contributed by atoms with Crippen molar-refractivity contribution in [3.05, 3.63) is 64.1 Å². The van der Waals surface area contributed by atoms with Crippen LogP contribution in [0.4, 0.5) is 4.39 Å². The Bertz CT molecular complexity index is 531. The summed E-state index contributed by atoms with van der Waals surface area (Å²) in [6.45, 7) is 2.10. The summed E-state index contributed by atoms with van der Waals surface area (Å²) in [5.41, 5.74) is 2.09. The van der Waals surface area contributed by atoms with E-state index in [0.29, 0.717) is 0 Å². The highest BCUT2D eigenvalue weighted by atomic mass is 79.9. The summed E-state index contributed by atoms with van der Waals surface area (Å²) in [5.74, 6) is 0.00526. The van der Waals surface area contributed by atoms with Crippen LogP contribution in [0, 0.1) is 5.82 Å². The van der Waals surface area contributed by atoms with Gasteiger partial charge in [-0.2, -0.15) is 0 Å². The van der Waals surface area contributed by atoms with Crippen molar-refractivity contribution in [2.45, 2.75) is 17.7 Å². The minimum atomic E-state index is -0.223. The Hall–Kier alpha value is -0.740. The molecule has 0 fully saturated rings. The first-order valence-corrected chi connectivity index (χ1v) is 7.29. The minimum absolute atomic E-state index is 0.0463. The molecule has 1 aromatic carbocycles. The number of rotatable bonds is 3. The first-order chi connectivity index (χ1) is 8.59. The Morgan fingerprint density at radius 2 is 1.83 bits per heavy atom. The average molecular weight is 373 g/mol. The molecule has 2 rings (SSSR count). The lowest BCUT2D eigenvalue weighted by Crippen LogP contribution is -2.03.